The van der Waals surface area contributed by atoms with Crippen molar-refractivity contribution in [3.05, 3.63) is 57.9 Å². The number of nitrogens with zero attached hydrogens (tertiary/aromatic N) is 5. The minimum Gasteiger partial charge on any atom is -0.465 e. The van der Waals surface area contributed by atoms with Crippen LogP contribution in [0.5, 0.6) is 0 Å². The van der Waals surface area contributed by atoms with E-state index in [4.69, 9.17) is 33.7 Å². The third-order valence-corrected chi connectivity index (χ3v) is 8.70. The van der Waals surface area contributed by atoms with Crippen LogP contribution in [0.3, 0.4) is 0 Å². The molecule has 0 radical (unpaired) electrons. The van der Waals surface area contributed by atoms with Crippen LogP contribution in [0, 0.1) is 5.92 Å². The Morgan fingerprint density at radius 3 is 2.52 bits per heavy atom. The summed E-state index contributed by atoms with van der Waals surface area (Å²) < 4.78 is 4.93. The number of carbonyl (C=O) groups is 2. The third kappa shape index (κ3) is 6.60. The van der Waals surface area contributed by atoms with Crippen LogP contribution in [0.15, 0.2) is 36.4 Å². The van der Waals surface area contributed by atoms with E-state index in [1.807, 2.05) is 12.1 Å². The molecule has 0 amide bonds. The van der Waals surface area contributed by atoms with Crippen LogP contribution in [0.4, 0.5) is 11.6 Å². The van der Waals surface area contributed by atoms with Gasteiger partial charge >= 0.3 is 5.97 Å². The quantitative estimate of drug-likeness (QED) is 0.276. The van der Waals surface area contributed by atoms with Gasteiger partial charge in [-0.1, -0.05) is 48.3 Å². The second kappa shape index (κ2) is 12.9. The van der Waals surface area contributed by atoms with E-state index < -0.39 is 11.7 Å². The monoisotopic (exact) mass is 586 g/mol. The second-order valence-electron chi connectivity index (χ2n) is 10.7. The number of hydrogen-bond acceptors (Lipinski definition) is 9. The van der Waals surface area contributed by atoms with E-state index in [1.54, 1.807) is 0 Å². The summed E-state index contributed by atoms with van der Waals surface area (Å²) in [6, 6.07) is 9.03. The van der Waals surface area contributed by atoms with E-state index in [0.717, 1.165) is 63.6 Å². The SMILES string of the molecule is CC[C@H]1CN(c2nc(N)c(C(=O)/C=C/[C@@H]3CCOC3=O)nc2Cl)CCN1C1CCN(Cc2ccc(Cl)cc2)CC1. The number of esters is 1. The number of piperidine rings is 1. The maximum absolute atomic E-state index is 12.7. The molecule has 4 heterocycles. The number of allylic oxidation sites excluding steroid dienone is 1. The molecule has 40 heavy (non-hydrogen) atoms. The van der Waals surface area contributed by atoms with Crippen molar-refractivity contribution >= 4 is 46.6 Å². The molecule has 3 aliphatic rings. The molecule has 2 aromatic rings. The first kappa shape index (κ1) is 28.8. The Morgan fingerprint density at radius 1 is 1.10 bits per heavy atom. The van der Waals surface area contributed by atoms with Gasteiger partial charge in [0.2, 0.25) is 5.78 Å². The maximum atomic E-state index is 12.7. The number of cyclic esters (lactones) is 1. The summed E-state index contributed by atoms with van der Waals surface area (Å²) in [7, 11) is 0. The molecular weight excluding hydrogens is 551 g/mol. The predicted octanol–water partition coefficient (Wildman–Crippen LogP) is 4.23. The number of aromatic nitrogens is 2. The van der Waals surface area contributed by atoms with Crippen molar-refractivity contribution in [3.8, 4) is 0 Å². The molecule has 0 bridgehead atoms. The Morgan fingerprint density at radius 2 is 1.85 bits per heavy atom. The van der Waals surface area contributed by atoms with Crippen molar-refractivity contribution < 1.29 is 14.3 Å². The third-order valence-electron chi connectivity index (χ3n) is 8.20. The van der Waals surface area contributed by atoms with Crippen molar-refractivity contribution in [2.75, 3.05) is 50.0 Å². The lowest BCUT2D eigenvalue weighted by molar-refractivity contribution is -0.140. The fourth-order valence-corrected chi connectivity index (χ4v) is 6.31. The predicted molar refractivity (Wildman–Crippen MR) is 157 cm³/mol. The smallest absolute Gasteiger partial charge is 0.312 e. The lowest BCUT2D eigenvalue weighted by atomic mass is 9.98. The Kier molecular flexibility index (Phi) is 9.25. The first-order valence-corrected chi connectivity index (χ1v) is 14.8. The Bertz CT molecular complexity index is 1250. The lowest BCUT2D eigenvalue weighted by Gasteiger charge is -2.47. The van der Waals surface area contributed by atoms with Crippen LogP contribution in [-0.4, -0.2) is 82.9 Å². The van der Waals surface area contributed by atoms with Crippen LogP contribution < -0.4 is 10.6 Å². The zero-order chi connectivity index (χ0) is 28.2. The Hall–Kier alpha value is -2.72. The molecule has 0 saturated carbocycles. The number of rotatable bonds is 8. The molecule has 0 spiro atoms. The van der Waals surface area contributed by atoms with Crippen LogP contribution >= 0.6 is 23.2 Å². The Labute approximate surface area is 245 Å². The number of benzene rings is 1. The van der Waals surface area contributed by atoms with E-state index >= 15 is 0 Å². The number of hydrogen-bond donors (Lipinski definition) is 1. The maximum Gasteiger partial charge on any atom is 0.312 e. The molecule has 1 aromatic carbocycles. The molecular formula is C29H36Cl2N6O3. The van der Waals surface area contributed by atoms with Gasteiger partial charge < -0.3 is 15.4 Å². The highest BCUT2D eigenvalue weighted by Crippen LogP contribution is 2.30. The van der Waals surface area contributed by atoms with Gasteiger partial charge in [0, 0.05) is 43.3 Å². The largest absolute Gasteiger partial charge is 0.465 e. The van der Waals surface area contributed by atoms with Crippen molar-refractivity contribution in [2.24, 2.45) is 5.92 Å². The highest BCUT2D eigenvalue weighted by atomic mass is 35.5. The highest BCUT2D eigenvalue weighted by molar-refractivity contribution is 6.32. The number of nitrogen functional groups attached to an aromatic ring is 1. The van der Waals surface area contributed by atoms with Gasteiger partial charge in [0.05, 0.1) is 12.5 Å². The molecule has 3 aliphatic heterocycles. The average Bonchev–Trinajstić information content (AvgIpc) is 3.38. The van der Waals surface area contributed by atoms with E-state index in [1.165, 1.54) is 17.7 Å². The topological polar surface area (TPSA) is 105 Å². The lowest BCUT2D eigenvalue weighted by Crippen LogP contribution is -2.58. The summed E-state index contributed by atoms with van der Waals surface area (Å²) >= 11 is 12.6. The summed E-state index contributed by atoms with van der Waals surface area (Å²) in [5, 5.41) is 0.929. The molecule has 3 fully saturated rings. The Balaban J connectivity index is 1.18. The first-order valence-electron chi connectivity index (χ1n) is 14.0. The zero-order valence-electron chi connectivity index (χ0n) is 22.8. The molecule has 1 aromatic heterocycles. The second-order valence-corrected chi connectivity index (χ2v) is 11.5. The fourth-order valence-electron chi connectivity index (χ4n) is 5.93. The van der Waals surface area contributed by atoms with Gasteiger partial charge in [-0.2, -0.15) is 0 Å². The molecule has 214 valence electrons. The van der Waals surface area contributed by atoms with Crippen molar-refractivity contribution in [1.29, 1.82) is 0 Å². The first-order chi connectivity index (χ1) is 19.3. The molecule has 2 atom stereocenters. The molecule has 3 saturated heterocycles. The molecule has 2 N–H and O–H groups in total. The molecule has 0 unspecified atom stereocenters. The average molecular weight is 588 g/mol. The minimum absolute atomic E-state index is 0.00704. The minimum atomic E-state index is -0.434. The van der Waals surface area contributed by atoms with Gasteiger partial charge in [0.1, 0.15) is 0 Å². The van der Waals surface area contributed by atoms with Crippen molar-refractivity contribution in [1.82, 2.24) is 19.8 Å². The van der Waals surface area contributed by atoms with E-state index in [2.05, 4.69) is 43.7 Å². The highest BCUT2D eigenvalue weighted by Gasteiger charge is 2.34. The number of nitrogens with two attached hydrogens (primary N) is 1. The van der Waals surface area contributed by atoms with Gasteiger partial charge in [-0.05, 0) is 62.5 Å². The summed E-state index contributed by atoms with van der Waals surface area (Å²) in [6.07, 6.45) is 6.68. The van der Waals surface area contributed by atoms with Crippen molar-refractivity contribution in [2.45, 2.75) is 51.2 Å². The van der Waals surface area contributed by atoms with Gasteiger partial charge in [0.25, 0.3) is 0 Å². The summed E-state index contributed by atoms with van der Waals surface area (Å²) in [5.41, 5.74) is 7.46. The summed E-state index contributed by atoms with van der Waals surface area (Å²) in [4.78, 5) is 40.5. The standard InChI is InChI=1S/C29H36Cl2N6O3/c1-2-22-18-36(14-15-37(22)23-9-12-35(13-10-23)17-19-3-6-21(30)7-4-19)28-26(31)33-25(27(32)34-28)24(38)8-5-20-11-16-40-29(20)39/h3-8,20,22-23H,2,9-18H2,1H3,(H2,32,34)/b8-5+/t20-,22+/m1/s1. The van der Waals surface area contributed by atoms with Gasteiger partial charge in [-0.3, -0.25) is 19.4 Å². The van der Waals surface area contributed by atoms with E-state index in [0.29, 0.717) is 30.9 Å². The summed E-state index contributed by atoms with van der Waals surface area (Å²) in [6.45, 7) is 8.10. The van der Waals surface area contributed by atoms with Gasteiger partial charge in [0.15, 0.2) is 22.5 Å². The van der Waals surface area contributed by atoms with Crippen LogP contribution in [0.2, 0.25) is 10.2 Å². The van der Waals surface area contributed by atoms with Crippen molar-refractivity contribution in [3.63, 3.8) is 0 Å². The van der Waals surface area contributed by atoms with Crippen LogP contribution in [0.1, 0.15) is 48.7 Å². The summed E-state index contributed by atoms with van der Waals surface area (Å²) in [5.74, 6) is -0.645. The number of likely N-dealkylation sites (tertiary alicyclic amines) is 1. The molecule has 5 rings (SSSR count). The molecule has 9 nitrogen and oxygen atoms in total. The molecule has 0 aliphatic carbocycles. The zero-order valence-corrected chi connectivity index (χ0v) is 24.3. The van der Waals surface area contributed by atoms with E-state index in [9.17, 15) is 9.59 Å². The van der Waals surface area contributed by atoms with Gasteiger partial charge in [-0.25, -0.2) is 9.97 Å². The fraction of sp³-hybridized carbons (Fsp3) is 0.517. The number of ether oxygens (including phenoxy) is 1. The van der Waals surface area contributed by atoms with Crippen LogP contribution in [-0.2, 0) is 16.1 Å². The van der Waals surface area contributed by atoms with E-state index in [-0.39, 0.29) is 22.6 Å². The number of carbonyl (C=O) groups excluding carboxylic acids is 2. The molecule has 11 heteroatoms. The number of anilines is 2. The van der Waals surface area contributed by atoms with Crippen LogP contribution in [0.25, 0.3) is 0 Å². The number of halogens is 2. The van der Waals surface area contributed by atoms with Gasteiger partial charge in [-0.15, -0.1) is 0 Å². The number of piperazine rings is 1. The normalized spacial score (nSPS) is 23.2. The number of ketones is 1.